The van der Waals surface area contributed by atoms with E-state index in [9.17, 15) is 9.59 Å². The number of hydrogen-bond acceptors (Lipinski definition) is 5. The SMILES string of the molecule is O=C(c1ccccc1-c1ncc[nH]1)N1CC(=O)N(C2CCCCC2)C[C@H](OCc2ccccn2)C1. The summed E-state index contributed by atoms with van der Waals surface area (Å²) in [4.78, 5) is 42.6. The first-order valence-corrected chi connectivity index (χ1v) is 12.4. The molecule has 1 N–H and O–H groups in total. The standard InChI is InChI=1S/C27H31N5O3/c33-25-18-31(27(34)24-12-5-4-11-23(24)26-29-14-15-30-26)16-22(35-19-20-8-6-7-13-28-20)17-32(25)21-9-2-1-3-10-21/h4-8,11-15,21-22H,1-3,9-10,16-19H2,(H,29,30)/t22-/m1/s1. The summed E-state index contributed by atoms with van der Waals surface area (Å²) in [5, 5.41) is 0. The van der Waals surface area contributed by atoms with E-state index in [-0.39, 0.29) is 30.5 Å². The lowest BCUT2D eigenvalue weighted by Crippen LogP contribution is -2.46. The van der Waals surface area contributed by atoms with E-state index in [1.807, 2.05) is 41.3 Å². The lowest BCUT2D eigenvalue weighted by molar-refractivity contribution is -0.134. The van der Waals surface area contributed by atoms with E-state index in [1.54, 1.807) is 29.6 Å². The molecule has 0 radical (unpaired) electrons. The number of carbonyl (C=O) groups is 2. The second-order valence-electron chi connectivity index (χ2n) is 9.26. The second-order valence-corrected chi connectivity index (χ2v) is 9.26. The number of ether oxygens (including phenoxy) is 1. The minimum Gasteiger partial charge on any atom is -0.368 e. The number of imidazole rings is 1. The number of benzene rings is 1. The van der Waals surface area contributed by atoms with Gasteiger partial charge in [0, 0.05) is 43.3 Å². The molecule has 8 heteroatoms. The van der Waals surface area contributed by atoms with Crippen molar-refractivity contribution < 1.29 is 14.3 Å². The summed E-state index contributed by atoms with van der Waals surface area (Å²) in [5.41, 5.74) is 2.06. The van der Waals surface area contributed by atoms with Gasteiger partial charge in [-0.2, -0.15) is 0 Å². The van der Waals surface area contributed by atoms with Crippen LogP contribution in [0.5, 0.6) is 0 Å². The third kappa shape index (κ3) is 5.43. The third-order valence-corrected chi connectivity index (χ3v) is 6.88. The normalized spacial score (nSPS) is 19.5. The Balaban J connectivity index is 1.40. The van der Waals surface area contributed by atoms with E-state index >= 15 is 0 Å². The van der Waals surface area contributed by atoms with Crippen LogP contribution in [0.25, 0.3) is 11.4 Å². The van der Waals surface area contributed by atoms with Gasteiger partial charge < -0.3 is 19.5 Å². The van der Waals surface area contributed by atoms with Crippen LogP contribution in [0.1, 0.15) is 48.2 Å². The Hall–Kier alpha value is -3.52. The molecule has 5 rings (SSSR count). The van der Waals surface area contributed by atoms with E-state index in [2.05, 4.69) is 15.0 Å². The zero-order valence-corrected chi connectivity index (χ0v) is 19.8. The quantitative estimate of drug-likeness (QED) is 0.590. The van der Waals surface area contributed by atoms with Crippen molar-refractivity contribution >= 4 is 11.8 Å². The number of H-pyrrole nitrogens is 1. The number of amides is 2. The van der Waals surface area contributed by atoms with Crippen LogP contribution in [-0.4, -0.2) is 68.3 Å². The fourth-order valence-corrected chi connectivity index (χ4v) is 5.09. The number of pyridine rings is 1. The Morgan fingerprint density at radius 3 is 2.60 bits per heavy atom. The molecular weight excluding hydrogens is 442 g/mol. The van der Waals surface area contributed by atoms with Crippen molar-refractivity contribution in [2.24, 2.45) is 0 Å². The molecule has 0 unspecified atom stereocenters. The summed E-state index contributed by atoms with van der Waals surface area (Å²) in [6, 6.07) is 13.3. The summed E-state index contributed by atoms with van der Waals surface area (Å²) in [7, 11) is 0. The van der Waals surface area contributed by atoms with Crippen molar-refractivity contribution in [2.45, 2.75) is 50.9 Å². The minimum absolute atomic E-state index is 0.00957. The van der Waals surface area contributed by atoms with Crippen LogP contribution in [0.4, 0.5) is 0 Å². The van der Waals surface area contributed by atoms with Crippen LogP contribution in [0.15, 0.2) is 61.1 Å². The van der Waals surface area contributed by atoms with Gasteiger partial charge in [-0.1, -0.05) is 43.5 Å². The third-order valence-electron chi connectivity index (χ3n) is 6.88. The number of hydrogen-bond donors (Lipinski definition) is 1. The highest BCUT2D eigenvalue weighted by Crippen LogP contribution is 2.26. The average molecular weight is 474 g/mol. The van der Waals surface area contributed by atoms with Gasteiger partial charge in [0.1, 0.15) is 12.4 Å². The first-order valence-electron chi connectivity index (χ1n) is 12.4. The molecule has 182 valence electrons. The van der Waals surface area contributed by atoms with Crippen molar-refractivity contribution in [1.82, 2.24) is 24.8 Å². The fraction of sp³-hybridized carbons (Fsp3) is 0.407. The summed E-state index contributed by atoms with van der Waals surface area (Å²) >= 11 is 0. The summed E-state index contributed by atoms with van der Waals surface area (Å²) in [6.45, 7) is 1.21. The maximum absolute atomic E-state index is 13.8. The van der Waals surface area contributed by atoms with Crippen LogP contribution >= 0.6 is 0 Å². The Morgan fingerprint density at radius 2 is 1.83 bits per heavy atom. The maximum Gasteiger partial charge on any atom is 0.255 e. The Kier molecular flexibility index (Phi) is 7.18. The molecule has 0 bridgehead atoms. The van der Waals surface area contributed by atoms with Gasteiger partial charge in [-0.25, -0.2) is 4.98 Å². The fourth-order valence-electron chi connectivity index (χ4n) is 5.09. The smallest absolute Gasteiger partial charge is 0.255 e. The van der Waals surface area contributed by atoms with E-state index in [0.29, 0.717) is 36.6 Å². The Bertz CT molecular complexity index is 1130. The number of nitrogens with zero attached hydrogens (tertiary/aromatic N) is 4. The molecule has 1 aliphatic heterocycles. The van der Waals surface area contributed by atoms with Gasteiger partial charge in [-0.05, 0) is 31.0 Å². The predicted octanol–water partition coefficient (Wildman–Crippen LogP) is 3.67. The molecule has 0 spiro atoms. The van der Waals surface area contributed by atoms with E-state index in [0.717, 1.165) is 31.4 Å². The number of aromatic nitrogens is 3. The Labute approximate surface area is 205 Å². The molecule has 2 fully saturated rings. The molecule has 1 saturated carbocycles. The highest BCUT2D eigenvalue weighted by atomic mass is 16.5. The molecule has 1 aromatic carbocycles. The highest BCUT2D eigenvalue weighted by molar-refractivity contribution is 6.01. The van der Waals surface area contributed by atoms with Gasteiger partial charge >= 0.3 is 0 Å². The largest absolute Gasteiger partial charge is 0.368 e. The summed E-state index contributed by atoms with van der Waals surface area (Å²) in [6.07, 6.45) is 10.3. The number of nitrogens with one attached hydrogen (secondary N) is 1. The van der Waals surface area contributed by atoms with Gasteiger partial charge in [-0.15, -0.1) is 0 Å². The van der Waals surface area contributed by atoms with Crippen LogP contribution in [0.3, 0.4) is 0 Å². The lowest BCUT2D eigenvalue weighted by atomic mass is 9.94. The van der Waals surface area contributed by atoms with E-state index in [4.69, 9.17) is 4.74 Å². The molecular formula is C27H31N5O3. The second kappa shape index (κ2) is 10.8. The van der Waals surface area contributed by atoms with Gasteiger partial charge in [0.25, 0.3) is 5.91 Å². The first-order chi connectivity index (χ1) is 17.2. The molecule has 35 heavy (non-hydrogen) atoms. The lowest BCUT2D eigenvalue weighted by Gasteiger charge is -2.34. The van der Waals surface area contributed by atoms with Gasteiger partial charge in [0.05, 0.1) is 24.0 Å². The molecule has 1 atom stereocenters. The highest BCUT2D eigenvalue weighted by Gasteiger charge is 2.35. The van der Waals surface area contributed by atoms with Gasteiger partial charge in [-0.3, -0.25) is 14.6 Å². The van der Waals surface area contributed by atoms with Crippen LogP contribution in [0.2, 0.25) is 0 Å². The van der Waals surface area contributed by atoms with Crippen molar-refractivity contribution in [3.63, 3.8) is 0 Å². The maximum atomic E-state index is 13.8. The van der Waals surface area contributed by atoms with Crippen LogP contribution < -0.4 is 0 Å². The van der Waals surface area contributed by atoms with E-state index < -0.39 is 0 Å². The van der Waals surface area contributed by atoms with Crippen molar-refractivity contribution in [3.05, 3.63) is 72.3 Å². The van der Waals surface area contributed by atoms with Crippen molar-refractivity contribution in [1.29, 1.82) is 0 Å². The summed E-state index contributed by atoms with van der Waals surface area (Å²) < 4.78 is 6.27. The molecule has 3 heterocycles. The molecule has 2 amide bonds. The molecule has 2 aliphatic rings. The number of rotatable bonds is 6. The molecule has 2 aromatic heterocycles. The van der Waals surface area contributed by atoms with Crippen LogP contribution in [0, 0.1) is 0 Å². The summed E-state index contributed by atoms with van der Waals surface area (Å²) in [5.74, 6) is 0.425. The monoisotopic (exact) mass is 473 g/mol. The zero-order chi connectivity index (χ0) is 24.0. The topological polar surface area (TPSA) is 91.4 Å². The minimum atomic E-state index is -0.301. The average Bonchev–Trinajstić information content (AvgIpc) is 3.39. The van der Waals surface area contributed by atoms with Gasteiger partial charge in [0.2, 0.25) is 5.91 Å². The first kappa shape index (κ1) is 23.2. The molecule has 1 saturated heterocycles. The van der Waals surface area contributed by atoms with Crippen LogP contribution in [-0.2, 0) is 16.1 Å². The van der Waals surface area contributed by atoms with Crippen molar-refractivity contribution in [3.8, 4) is 11.4 Å². The predicted molar refractivity (Wildman–Crippen MR) is 131 cm³/mol. The molecule has 8 nitrogen and oxygen atoms in total. The zero-order valence-electron chi connectivity index (χ0n) is 19.8. The number of carbonyl (C=O) groups excluding carboxylic acids is 2. The van der Waals surface area contributed by atoms with E-state index in [1.165, 1.54) is 6.42 Å². The molecule has 1 aliphatic carbocycles. The van der Waals surface area contributed by atoms with Crippen molar-refractivity contribution in [2.75, 3.05) is 19.6 Å². The van der Waals surface area contributed by atoms with Gasteiger partial charge in [0.15, 0.2) is 0 Å². The molecule has 3 aromatic rings. The number of aromatic amines is 1. The Morgan fingerprint density at radius 1 is 1.00 bits per heavy atom.